The van der Waals surface area contributed by atoms with Crippen molar-refractivity contribution in [3.05, 3.63) is 64.8 Å². The van der Waals surface area contributed by atoms with Crippen LogP contribution in [-0.4, -0.2) is 24.3 Å². The van der Waals surface area contributed by atoms with Crippen molar-refractivity contribution in [2.24, 2.45) is 0 Å². The van der Waals surface area contributed by atoms with E-state index in [4.69, 9.17) is 9.47 Å². The molecule has 140 valence electrons. The number of carbonyl (C=O) groups excluding carboxylic acids is 1. The number of benzene rings is 2. The molecule has 2 aromatic carbocycles. The largest absolute Gasteiger partial charge is 0.481 e. The van der Waals surface area contributed by atoms with E-state index in [2.05, 4.69) is 47.9 Å². The molecule has 1 heterocycles. The maximum absolute atomic E-state index is 11.6. The van der Waals surface area contributed by atoms with Crippen LogP contribution in [0.2, 0.25) is 0 Å². The number of aromatic nitrogens is 1. The fourth-order valence-electron chi connectivity index (χ4n) is 4.07. The van der Waals surface area contributed by atoms with E-state index >= 15 is 0 Å². The Morgan fingerprint density at radius 3 is 2.67 bits per heavy atom. The topological polar surface area (TPSA) is 40.5 Å². The SMILES string of the molecule is COC(=O)COc1cc2c(c3c1cc(C)n3Cc1ccccc1)CCCC2. The predicted octanol–water partition coefficient (Wildman–Crippen LogP) is 4.43. The molecule has 0 radical (unpaired) electrons. The molecule has 1 aliphatic carbocycles. The number of hydrogen-bond acceptors (Lipinski definition) is 3. The lowest BCUT2D eigenvalue weighted by molar-refractivity contribution is -0.142. The van der Waals surface area contributed by atoms with Crippen molar-refractivity contribution in [2.45, 2.75) is 39.2 Å². The van der Waals surface area contributed by atoms with Crippen molar-refractivity contribution in [1.29, 1.82) is 0 Å². The standard InChI is InChI=1S/C23H25NO3/c1-16-12-20-21(27-15-22(25)26-2)13-18-10-6-7-11-19(18)23(20)24(16)14-17-8-4-3-5-9-17/h3-5,8-9,12-13H,6-7,10-11,14-15H2,1-2H3. The van der Waals surface area contributed by atoms with Gasteiger partial charge in [0.2, 0.25) is 0 Å². The third kappa shape index (κ3) is 3.44. The van der Waals surface area contributed by atoms with Crippen molar-refractivity contribution < 1.29 is 14.3 Å². The van der Waals surface area contributed by atoms with Gasteiger partial charge in [0, 0.05) is 17.6 Å². The molecule has 4 nitrogen and oxygen atoms in total. The van der Waals surface area contributed by atoms with Crippen LogP contribution in [0.15, 0.2) is 42.5 Å². The van der Waals surface area contributed by atoms with Gasteiger partial charge in [-0.2, -0.15) is 0 Å². The number of hydrogen-bond donors (Lipinski definition) is 0. The Bertz CT molecular complexity index is 972. The monoisotopic (exact) mass is 363 g/mol. The highest BCUT2D eigenvalue weighted by molar-refractivity contribution is 5.92. The highest BCUT2D eigenvalue weighted by atomic mass is 16.6. The van der Waals surface area contributed by atoms with E-state index < -0.39 is 0 Å². The normalized spacial score (nSPS) is 13.4. The summed E-state index contributed by atoms with van der Waals surface area (Å²) < 4.78 is 13.0. The molecule has 0 bridgehead atoms. The summed E-state index contributed by atoms with van der Waals surface area (Å²) in [6.45, 7) is 2.92. The van der Waals surface area contributed by atoms with Crippen LogP contribution in [0.1, 0.15) is 35.2 Å². The molecular formula is C23H25NO3. The van der Waals surface area contributed by atoms with Crippen LogP contribution in [0.5, 0.6) is 5.75 Å². The van der Waals surface area contributed by atoms with Crippen LogP contribution in [0.25, 0.3) is 10.9 Å². The van der Waals surface area contributed by atoms with Crippen molar-refractivity contribution in [3.63, 3.8) is 0 Å². The first-order valence-corrected chi connectivity index (χ1v) is 9.55. The summed E-state index contributed by atoms with van der Waals surface area (Å²) in [4.78, 5) is 11.6. The molecule has 1 aromatic heterocycles. The number of ether oxygens (including phenoxy) is 2. The molecule has 0 saturated carbocycles. The van der Waals surface area contributed by atoms with E-state index in [0.29, 0.717) is 0 Å². The number of esters is 1. The van der Waals surface area contributed by atoms with Gasteiger partial charge in [-0.25, -0.2) is 4.79 Å². The third-order valence-electron chi connectivity index (χ3n) is 5.43. The number of methoxy groups -OCH3 is 1. The number of fused-ring (bicyclic) bond motifs is 3. The van der Waals surface area contributed by atoms with Gasteiger partial charge in [-0.05, 0) is 61.4 Å². The molecule has 0 fully saturated rings. The lowest BCUT2D eigenvalue weighted by Gasteiger charge is -2.21. The molecule has 0 amide bonds. The number of nitrogens with zero attached hydrogens (tertiary/aromatic N) is 1. The highest BCUT2D eigenvalue weighted by Gasteiger charge is 2.21. The van der Waals surface area contributed by atoms with Gasteiger partial charge in [-0.1, -0.05) is 30.3 Å². The molecule has 1 aliphatic rings. The smallest absolute Gasteiger partial charge is 0.343 e. The molecule has 0 saturated heterocycles. The molecule has 0 aliphatic heterocycles. The van der Waals surface area contributed by atoms with Gasteiger partial charge in [0.25, 0.3) is 0 Å². The highest BCUT2D eigenvalue weighted by Crippen LogP contribution is 2.38. The quantitative estimate of drug-likeness (QED) is 0.630. The summed E-state index contributed by atoms with van der Waals surface area (Å²) in [7, 11) is 1.38. The summed E-state index contributed by atoms with van der Waals surface area (Å²) in [5.41, 5.74) is 6.53. The van der Waals surface area contributed by atoms with Crippen molar-refractivity contribution in [2.75, 3.05) is 13.7 Å². The second-order valence-electron chi connectivity index (χ2n) is 7.20. The van der Waals surface area contributed by atoms with Crippen LogP contribution >= 0.6 is 0 Å². The second kappa shape index (κ2) is 7.47. The Morgan fingerprint density at radius 1 is 1.11 bits per heavy atom. The van der Waals surface area contributed by atoms with E-state index in [9.17, 15) is 4.79 Å². The van der Waals surface area contributed by atoms with E-state index in [1.54, 1.807) is 0 Å². The van der Waals surface area contributed by atoms with Gasteiger partial charge < -0.3 is 14.0 Å². The van der Waals surface area contributed by atoms with E-state index in [0.717, 1.165) is 30.5 Å². The van der Waals surface area contributed by atoms with Gasteiger partial charge in [0.15, 0.2) is 6.61 Å². The number of aryl methyl sites for hydroxylation is 3. The zero-order valence-electron chi connectivity index (χ0n) is 16.0. The van der Waals surface area contributed by atoms with E-state index in [1.807, 2.05) is 6.07 Å². The van der Waals surface area contributed by atoms with Crippen molar-refractivity contribution in [3.8, 4) is 5.75 Å². The molecule has 4 heteroatoms. The Hall–Kier alpha value is -2.75. The molecule has 0 N–H and O–H groups in total. The van der Waals surface area contributed by atoms with E-state index in [-0.39, 0.29) is 12.6 Å². The van der Waals surface area contributed by atoms with Crippen LogP contribution < -0.4 is 4.74 Å². The predicted molar refractivity (Wildman–Crippen MR) is 106 cm³/mol. The summed E-state index contributed by atoms with van der Waals surface area (Å²) in [5.74, 6) is 0.423. The van der Waals surface area contributed by atoms with Crippen molar-refractivity contribution >= 4 is 16.9 Å². The number of rotatable bonds is 5. The second-order valence-corrected chi connectivity index (χ2v) is 7.20. The molecule has 3 aromatic rings. The van der Waals surface area contributed by atoms with Gasteiger partial charge in [0.05, 0.1) is 12.6 Å². The summed E-state index contributed by atoms with van der Waals surface area (Å²) in [6.07, 6.45) is 4.59. The Balaban J connectivity index is 1.83. The Kier molecular flexibility index (Phi) is 4.88. The first-order chi connectivity index (χ1) is 13.2. The zero-order valence-corrected chi connectivity index (χ0v) is 16.0. The van der Waals surface area contributed by atoms with Gasteiger partial charge in [0.1, 0.15) is 5.75 Å². The zero-order chi connectivity index (χ0) is 18.8. The first kappa shape index (κ1) is 17.7. The average Bonchev–Trinajstić information content (AvgIpc) is 3.03. The molecule has 27 heavy (non-hydrogen) atoms. The minimum Gasteiger partial charge on any atom is -0.481 e. The van der Waals surface area contributed by atoms with Crippen LogP contribution in [0, 0.1) is 6.92 Å². The summed E-state index contributed by atoms with van der Waals surface area (Å²) in [5, 5.41) is 1.09. The maximum Gasteiger partial charge on any atom is 0.343 e. The van der Waals surface area contributed by atoms with E-state index in [1.165, 1.54) is 47.9 Å². The minimum absolute atomic E-state index is 0.0622. The van der Waals surface area contributed by atoms with Gasteiger partial charge in [-0.3, -0.25) is 0 Å². The van der Waals surface area contributed by atoms with Crippen molar-refractivity contribution in [1.82, 2.24) is 4.57 Å². The lowest BCUT2D eigenvalue weighted by Crippen LogP contribution is -2.14. The average molecular weight is 363 g/mol. The molecule has 4 rings (SSSR count). The summed E-state index contributed by atoms with van der Waals surface area (Å²) in [6, 6.07) is 14.8. The fraction of sp³-hybridized carbons (Fsp3) is 0.348. The molecular weight excluding hydrogens is 338 g/mol. The number of carbonyl (C=O) groups is 1. The van der Waals surface area contributed by atoms with Crippen LogP contribution in [0.3, 0.4) is 0 Å². The Labute approximate surface area is 159 Å². The van der Waals surface area contributed by atoms with Crippen LogP contribution in [0.4, 0.5) is 0 Å². The fourth-order valence-corrected chi connectivity index (χ4v) is 4.07. The lowest BCUT2D eigenvalue weighted by atomic mass is 9.89. The Morgan fingerprint density at radius 2 is 1.89 bits per heavy atom. The van der Waals surface area contributed by atoms with Gasteiger partial charge in [-0.15, -0.1) is 0 Å². The third-order valence-corrected chi connectivity index (χ3v) is 5.43. The first-order valence-electron chi connectivity index (χ1n) is 9.55. The summed E-state index contributed by atoms with van der Waals surface area (Å²) >= 11 is 0. The van der Waals surface area contributed by atoms with Gasteiger partial charge >= 0.3 is 5.97 Å². The maximum atomic E-state index is 11.6. The van der Waals surface area contributed by atoms with Crippen LogP contribution in [-0.2, 0) is 28.9 Å². The molecule has 0 spiro atoms. The molecule has 0 unspecified atom stereocenters. The minimum atomic E-state index is -0.360. The molecule has 0 atom stereocenters.